The molecule has 0 aromatic carbocycles. The first-order valence-corrected chi connectivity index (χ1v) is 5.86. The first-order valence-electron chi connectivity index (χ1n) is 5.22. The molecule has 1 aliphatic heterocycles. The Hall–Kier alpha value is -0.245. The number of hydrogen-bond donors (Lipinski definition) is 1. The van der Waals surface area contributed by atoms with Crippen molar-refractivity contribution in [1.29, 1.82) is 0 Å². The minimum Gasteiger partial charge on any atom is -0.179 e. The maximum Gasteiger partial charge on any atom is 0.0734 e. The number of thiol groups is 1. The highest BCUT2D eigenvalue weighted by atomic mass is 32.1. The molecular formula is C10H13BN2S. The van der Waals surface area contributed by atoms with Gasteiger partial charge >= 0.3 is 0 Å². The second kappa shape index (κ2) is 2.88. The molecule has 14 heavy (non-hydrogen) atoms. The first-order chi connectivity index (χ1) is 6.81. The van der Waals surface area contributed by atoms with E-state index in [2.05, 4.69) is 22.8 Å². The Kier molecular flexibility index (Phi) is 1.85. The van der Waals surface area contributed by atoms with Crippen LogP contribution in [0.2, 0.25) is 6.32 Å². The summed E-state index contributed by atoms with van der Waals surface area (Å²) in [7, 11) is 5.67. The number of fused-ring (bicyclic) bond motifs is 3. The molecule has 2 atom stereocenters. The summed E-state index contributed by atoms with van der Waals surface area (Å²) in [5.41, 5.74) is 1.63. The monoisotopic (exact) mass is 204 g/mol. The Bertz CT molecular complexity index is 320. The lowest BCUT2D eigenvalue weighted by molar-refractivity contribution is 0.175. The van der Waals surface area contributed by atoms with Crippen LogP contribution in [-0.2, 0) is 0 Å². The van der Waals surface area contributed by atoms with Crippen molar-refractivity contribution in [1.82, 2.24) is 0 Å². The molecule has 1 heterocycles. The zero-order valence-electron chi connectivity index (χ0n) is 8.06. The highest BCUT2D eigenvalue weighted by Crippen LogP contribution is 2.72. The third-order valence-corrected chi connectivity index (χ3v) is 4.63. The average Bonchev–Trinajstić information content (AvgIpc) is 2.84. The largest absolute Gasteiger partial charge is 0.179 e. The lowest BCUT2D eigenvalue weighted by atomic mass is 9.69. The van der Waals surface area contributed by atoms with E-state index in [4.69, 9.17) is 7.85 Å². The molecule has 0 saturated heterocycles. The van der Waals surface area contributed by atoms with Crippen molar-refractivity contribution in [3.63, 3.8) is 0 Å². The molecule has 2 aliphatic carbocycles. The van der Waals surface area contributed by atoms with E-state index in [-0.39, 0.29) is 0 Å². The SMILES string of the molecule is [B]CC1=NN=CC2C1C21CC(CS)C1. The van der Waals surface area contributed by atoms with Crippen molar-refractivity contribution in [3.8, 4) is 0 Å². The predicted molar refractivity (Wildman–Crippen MR) is 62.5 cm³/mol. The van der Waals surface area contributed by atoms with Crippen LogP contribution in [0, 0.1) is 23.2 Å². The van der Waals surface area contributed by atoms with Gasteiger partial charge in [0.05, 0.1) is 7.85 Å². The van der Waals surface area contributed by atoms with Gasteiger partial charge in [-0.1, -0.05) is 0 Å². The maximum absolute atomic E-state index is 5.67. The zero-order chi connectivity index (χ0) is 9.76. The van der Waals surface area contributed by atoms with Crippen molar-refractivity contribution in [2.45, 2.75) is 19.2 Å². The molecule has 0 bridgehead atoms. The summed E-state index contributed by atoms with van der Waals surface area (Å²) in [4.78, 5) is 0. The molecule has 2 fully saturated rings. The normalized spacial score (nSPS) is 48.4. The summed E-state index contributed by atoms with van der Waals surface area (Å²) < 4.78 is 0. The summed E-state index contributed by atoms with van der Waals surface area (Å²) in [6, 6.07) is 0. The van der Waals surface area contributed by atoms with Gasteiger partial charge in [-0.05, 0) is 36.2 Å². The van der Waals surface area contributed by atoms with Gasteiger partial charge in [0, 0.05) is 23.8 Å². The van der Waals surface area contributed by atoms with E-state index in [0.29, 0.717) is 23.6 Å². The molecule has 3 aliphatic rings. The van der Waals surface area contributed by atoms with E-state index in [1.54, 1.807) is 0 Å². The minimum atomic E-state index is 0.506. The van der Waals surface area contributed by atoms with Crippen LogP contribution in [-0.4, -0.2) is 25.5 Å². The Morgan fingerprint density at radius 2 is 2.36 bits per heavy atom. The van der Waals surface area contributed by atoms with Crippen LogP contribution in [0.25, 0.3) is 0 Å². The van der Waals surface area contributed by atoms with Gasteiger partial charge in [0.1, 0.15) is 0 Å². The van der Waals surface area contributed by atoms with Gasteiger partial charge in [-0.2, -0.15) is 22.8 Å². The predicted octanol–water partition coefficient (Wildman–Crippen LogP) is 1.59. The first kappa shape index (κ1) is 9.02. The van der Waals surface area contributed by atoms with Crippen molar-refractivity contribution in [2.75, 3.05) is 5.75 Å². The third-order valence-electron chi connectivity index (χ3n) is 4.11. The molecule has 2 unspecified atom stereocenters. The van der Waals surface area contributed by atoms with Gasteiger partial charge in [-0.15, -0.1) is 0 Å². The fraction of sp³-hybridized carbons (Fsp3) is 0.800. The lowest BCUT2D eigenvalue weighted by Crippen LogP contribution is -2.30. The van der Waals surface area contributed by atoms with Crippen LogP contribution in [0.5, 0.6) is 0 Å². The second-order valence-electron chi connectivity index (χ2n) is 4.75. The van der Waals surface area contributed by atoms with E-state index in [1.807, 2.05) is 6.21 Å². The second-order valence-corrected chi connectivity index (χ2v) is 5.12. The van der Waals surface area contributed by atoms with E-state index in [9.17, 15) is 0 Å². The third kappa shape index (κ3) is 0.954. The Balaban J connectivity index is 1.77. The number of hydrogen-bond acceptors (Lipinski definition) is 3. The molecule has 2 saturated carbocycles. The zero-order valence-corrected chi connectivity index (χ0v) is 8.95. The molecule has 4 heteroatoms. The standard InChI is InChI=1S/C10H13BN2S/c11-3-8-9-7(4-12-13-8)10(9)1-6(2-10)5-14/h4,6-7,9,14H,1-3,5H2. The van der Waals surface area contributed by atoms with Crippen molar-refractivity contribution in [2.24, 2.45) is 33.4 Å². The van der Waals surface area contributed by atoms with Crippen molar-refractivity contribution < 1.29 is 0 Å². The quantitative estimate of drug-likeness (QED) is 0.522. The molecule has 0 aromatic heterocycles. The Morgan fingerprint density at radius 1 is 1.57 bits per heavy atom. The fourth-order valence-corrected chi connectivity index (χ4v) is 3.63. The van der Waals surface area contributed by atoms with Crippen LogP contribution < -0.4 is 0 Å². The number of nitrogens with zero attached hydrogens (tertiary/aromatic N) is 2. The van der Waals surface area contributed by atoms with E-state index in [1.165, 1.54) is 12.8 Å². The molecule has 2 radical (unpaired) electrons. The summed E-state index contributed by atoms with van der Waals surface area (Å²) in [6.07, 6.45) is 5.21. The van der Waals surface area contributed by atoms with Crippen LogP contribution in [0.15, 0.2) is 10.2 Å². The molecule has 72 valence electrons. The van der Waals surface area contributed by atoms with E-state index >= 15 is 0 Å². The van der Waals surface area contributed by atoms with Gasteiger partial charge < -0.3 is 0 Å². The molecule has 2 nitrogen and oxygen atoms in total. The highest BCUT2D eigenvalue weighted by Gasteiger charge is 2.70. The smallest absolute Gasteiger partial charge is 0.0734 e. The summed E-state index contributed by atoms with van der Waals surface area (Å²) in [5.74, 6) is 3.11. The van der Waals surface area contributed by atoms with Crippen LogP contribution in [0.4, 0.5) is 0 Å². The van der Waals surface area contributed by atoms with Crippen LogP contribution in [0.1, 0.15) is 12.8 Å². The summed E-state index contributed by atoms with van der Waals surface area (Å²) in [6.45, 7) is 0. The molecule has 0 amide bonds. The molecular weight excluding hydrogens is 191 g/mol. The number of rotatable bonds is 2. The van der Waals surface area contributed by atoms with Gasteiger partial charge in [0.2, 0.25) is 0 Å². The molecule has 0 N–H and O–H groups in total. The minimum absolute atomic E-state index is 0.506. The lowest BCUT2D eigenvalue weighted by Gasteiger charge is -2.36. The fourth-order valence-electron chi connectivity index (χ4n) is 3.38. The summed E-state index contributed by atoms with van der Waals surface area (Å²) >= 11 is 4.34. The Labute approximate surface area is 91.1 Å². The maximum atomic E-state index is 5.67. The van der Waals surface area contributed by atoms with E-state index in [0.717, 1.165) is 17.4 Å². The van der Waals surface area contributed by atoms with Crippen LogP contribution in [0.3, 0.4) is 0 Å². The van der Waals surface area contributed by atoms with Gasteiger partial charge in [0.15, 0.2) is 0 Å². The van der Waals surface area contributed by atoms with Gasteiger partial charge in [0.25, 0.3) is 0 Å². The van der Waals surface area contributed by atoms with Crippen molar-refractivity contribution >= 4 is 32.4 Å². The van der Waals surface area contributed by atoms with Crippen molar-refractivity contribution in [3.05, 3.63) is 0 Å². The molecule has 1 spiro atoms. The molecule has 3 rings (SSSR count). The van der Waals surface area contributed by atoms with Gasteiger partial charge in [-0.3, -0.25) is 0 Å². The van der Waals surface area contributed by atoms with Gasteiger partial charge in [-0.25, -0.2) is 0 Å². The molecule has 0 aromatic rings. The summed E-state index contributed by atoms with van der Waals surface area (Å²) in [5, 5.41) is 8.18. The highest BCUT2D eigenvalue weighted by molar-refractivity contribution is 7.80. The van der Waals surface area contributed by atoms with Crippen LogP contribution >= 0.6 is 12.6 Å². The van der Waals surface area contributed by atoms with E-state index < -0.39 is 0 Å². The average molecular weight is 204 g/mol. The Morgan fingerprint density at radius 3 is 3.00 bits per heavy atom. The topological polar surface area (TPSA) is 24.7 Å².